The van der Waals surface area contributed by atoms with Gasteiger partial charge in [-0.05, 0) is 30.7 Å². The molecule has 2 amide bonds. The molecular weight excluding hydrogens is 300 g/mol. The fourth-order valence-corrected chi connectivity index (χ4v) is 2.58. The Morgan fingerprint density at radius 1 is 1.61 bits per heavy atom. The smallest absolute Gasteiger partial charge is 0.322 e. The molecule has 0 spiro atoms. The molecule has 6 heteroatoms. The van der Waals surface area contributed by atoms with E-state index in [0.717, 1.165) is 15.7 Å². The number of hydrogen-bond acceptors (Lipinski definition) is 2. The summed E-state index contributed by atoms with van der Waals surface area (Å²) in [6.45, 7) is 2.25. The van der Waals surface area contributed by atoms with Gasteiger partial charge in [-0.15, -0.1) is 0 Å². The second-order valence-electron chi connectivity index (χ2n) is 4.24. The number of halogens is 1. The van der Waals surface area contributed by atoms with E-state index >= 15 is 0 Å². The number of rotatable bonds is 3. The fourth-order valence-electron chi connectivity index (χ4n) is 2.11. The highest BCUT2D eigenvalue weighted by molar-refractivity contribution is 9.10. The third-order valence-corrected chi connectivity index (χ3v) is 3.39. The number of carbonyl (C=O) groups excluding carboxylic acids is 1. The second kappa shape index (κ2) is 4.97. The van der Waals surface area contributed by atoms with Gasteiger partial charge in [0.25, 0.3) is 0 Å². The van der Waals surface area contributed by atoms with E-state index in [9.17, 15) is 9.59 Å². The Labute approximate surface area is 113 Å². The largest absolute Gasteiger partial charge is 0.481 e. The maximum atomic E-state index is 11.8. The highest BCUT2D eigenvalue weighted by Gasteiger charge is 2.34. The molecule has 2 rings (SSSR count). The average molecular weight is 313 g/mol. The van der Waals surface area contributed by atoms with Gasteiger partial charge in [0, 0.05) is 16.7 Å². The summed E-state index contributed by atoms with van der Waals surface area (Å²) in [5.41, 5.74) is 1.68. The number of benzene rings is 1. The van der Waals surface area contributed by atoms with Crippen molar-refractivity contribution in [3.8, 4) is 0 Å². The van der Waals surface area contributed by atoms with E-state index in [4.69, 9.17) is 5.11 Å². The number of nitrogens with one attached hydrogen (secondary N) is 1. The Balaban J connectivity index is 2.33. The summed E-state index contributed by atoms with van der Waals surface area (Å²) in [7, 11) is 0. The molecule has 0 radical (unpaired) electrons. The van der Waals surface area contributed by atoms with Crippen molar-refractivity contribution >= 4 is 33.6 Å². The summed E-state index contributed by atoms with van der Waals surface area (Å²) in [6.07, 6.45) is -0.0613. The quantitative estimate of drug-likeness (QED) is 0.898. The molecule has 5 nitrogen and oxygen atoms in total. The van der Waals surface area contributed by atoms with Crippen LogP contribution in [-0.4, -0.2) is 29.7 Å². The molecule has 1 heterocycles. The van der Waals surface area contributed by atoms with Gasteiger partial charge in [-0.1, -0.05) is 15.9 Å². The number of aryl methyl sites for hydroxylation is 1. The van der Waals surface area contributed by atoms with Crippen molar-refractivity contribution in [2.24, 2.45) is 0 Å². The first kappa shape index (κ1) is 12.9. The van der Waals surface area contributed by atoms with E-state index in [0.29, 0.717) is 6.54 Å². The van der Waals surface area contributed by atoms with Crippen LogP contribution in [0.3, 0.4) is 0 Å². The predicted octanol–water partition coefficient (Wildman–Crippen LogP) is 2.13. The third-order valence-electron chi connectivity index (χ3n) is 2.90. The van der Waals surface area contributed by atoms with Crippen LogP contribution in [0, 0.1) is 6.92 Å². The zero-order valence-corrected chi connectivity index (χ0v) is 11.4. The van der Waals surface area contributed by atoms with Gasteiger partial charge >= 0.3 is 12.0 Å². The van der Waals surface area contributed by atoms with Crippen molar-refractivity contribution in [3.05, 3.63) is 28.2 Å². The van der Waals surface area contributed by atoms with Gasteiger partial charge in [-0.25, -0.2) is 4.79 Å². The minimum absolute atomic E-state index is 0.0613. The summed E-state index contributed by atoms with van der Waals surface area (Å²) in [5, 5.41) is 11.5. The number of anilines is 1. The molecule has 96 valence electrons. The van der Waals surface area contributed by atoms with Crippen molar-refractivity contribution in [2.75, 3.05) is 11.4 Å². The van der Waals surface area contributed by atoms with Crippen LogP contribution in [0.2, 0.25) is 0 Å². The average Bonchev–Trinajstić information content (AvgIpc) is 2.60. The maximum absolute atomic E-state index is 11.8. The zero-order chi connectivity index (χ0) is 13.3. The molecule has 0 bridgehead atoms. The highest BCUT2D eigenvalue weighted by Crippen LogP contribution is 2.28. The second-order valence-corrected chi connectivity index (χ2v) is 5.15. The van der Waals surface area contributed by atoms with Crippen molar-refractivity contribution in [2.45, 2.75) is 19.4 Å². The van der Waals surface area contributed by atoms with Gasteiger partial charge in [0.1, 0.15) is 0 Å². The van der Waals surface area contributed by atoms with Crippen LogP contribution >= 0.6 is 15.9 Å². The molecule has 1 aliphatic heterocycles. The Kier molecular flexibility index (Phi) is 3.56. The van der Waals surface area contributed by atoms with Crippen LogP contribution < -0.4 is 10.2 Å². The number of carboxylic acids is 1. The molecule has 0 saturated carbocycles. The van der Waals surface area contributed by atoms with E-state index in [1.54, 1.807) is 0 Å². The lowest BCUT2D eigenvalue weighted by atomic mass is 10.1. The summed E-state index contributed by atoms with van der Waals surface area (Å²) < 4.78 is 0.929. The van der Waals surface area contributed by atoms with Crippen LogP contribution in [0.4, 0.5) is 10.5 Å². The van der Waals surface area contributed by atoms with E-state index in [-0.39, 0.29) is 18.5 Å². The molecule has 1 atom stereocenters. The molecular formula is C12H13BrN2O3. The number of urea groups is 1. The third kappa shape index (κ3) is 2.48. The fraction of sp³-hybridized carbons (Fsp3) is 0.333. The monoisotopic (exact) mass is 312 g/mol. The lowest BCUT2D eigenvalue weighted by Crippen LogP contribution is -2.36. The van der Waals surface area contributed by atoms with Crippen LogP contribution in [-0.2, 0) is 4.79 Å². The van der Waals surface area contributed by atoms with Crippen LogP contribution in [0.25, 0.3) is 0 Å². The van der Waals surface area contributed by atoms with Crippen molar-refractivity contribution in [1.82, 2.24) is 5.32 Å². The first-order chi connectivity index (χ1) is 8.49. The van der Waals surface area contributed by atoms with E-state index in [1.165, 1.54) is 4.90 Å². The molecule has 0 aromatic heterocycles. The Morgan fingerprint density at radius 3 is 2.94 bits per heavy atom. The molecule has 18 heavy (non-hydrogen) atoms. The van der Waals surface area contributed by atoms with Gasteiger partial charge in [0.05, 0.1) is 12.5 Å². The van der Waals surface area contributed by atoms with E-state index in [2.05, 4.69) is 21.2 Å². The summed E-state index contributed by atoms with van der Waals surface area (Å²) in [4.78, 5) is 24.1. The summed E-state index contributed by atoms with van der Waals surface area (Å²) >= 11 is 3.36. The molecule has 1 aromatic carbocycles. The predicted molar refractivity (Wildman–Crippen MR) is 70.8 cm³/mol. The molecule has 1 saturated heterocycles. The highest BCUT2D eigenvalue weighted by atomic mass is 79.9. The Hall–Kier alpha value is -1.56. The maximum Gasteiger partial charge on any atom is 0.322 e. The van der Waals surface area contributed by atoms with Gasteiger partial charge in [-0.2, -0.15) is 0 Å². The van der Waals surface area contributed by atoms with E-state index < -0.39 is 5.97 Å². The molecule has 0 aliphatic carbocycles. The standard InChI is InChI=1S/C12H13BrN2O3/c1-7-4-8(13)2-3-10(7)15-9(5-11(16)17)6-14-12(15)18/h2-4,9H,5-6H2,1H3,(H,14,18)(H,16,17). The Bertz CT molecular complexity index is 504. The number of amides is 2. The van der Waals surface area contributed by atoms with E-state index in [1.807, 2.05) is 25.1 Å². The van der Waals surface area contributed by atoms with Gasteiger partial charge in [0.2, 0.25) is 0 Å². The molecule has 1 aromatic rings. The summed E-state index contributed by atoms with van der Waals surface area (Å²) in [6, 6.07) is 4.98. The molecule has 2 N–H and O–H groups in total. The Morgan fingerprint density at radius 2 is 2.33 bits per heavy atom. The lowest BCUT2D eigenvalue weighted by Gasteiger charge is -2.23. The van der Waals surface area contributed by atoms with Crippen molar-refractivity contribution in [3.63, 3.8) is 0 Å². The van der Waals surface area contributed by atoms with Gasteiger partial charge in [0.15, 0.2) is 0 Å². The zero-order valence-electron chi connectivity index (χ0n) is 9.81. The number of nitrogens with zero attached hydrogens (tertiary/aromatic N) is 1. The topological polar surface area (TPSA) is 69.6 Å². The van der Waals surface area contributed by atoms with Crippen LogP contribution in [0.1, 0.15) is 12.0 Å². The van der Waals surface area contributed by atoms with Crippen LogP contribution in [0.5, 0.6) is 0 Å². The lowest BCUT2D eigenvalue weighted by molar-refractivity contribution is -0.137. The summed E-state index contributed by atoms with van der Waals surface area (Å²) in [5.74, 6) is -0.906. The van der Waals surface area contributed by atoms with Crippen molar-refractivity contribution in [1.29, 1.82) is 0 Å². The minimum atomic E-state index is -0.906. The first-order valence-electron chi connectivity index (χ1n) is 5.54. The first-order valence-corrected chi connectivity index (χ1v) is 6.33. The molecule has 1 unspecified atom stereocenters. The molecule has 1 fully saturated rings. The number of aliphatic carboxylic acids is 1. The molecule has 1 aliphatic rings. The van der Waals surface area contributed by atoms with Gasteiger partial charge < -0.3 is 10.4 Å². The number of carboxylic acid groups (broad SMARTS) is 1. The number of carbonyl (C=O) groups is 2. The van der Waals surface area contributed by atoms with Gasteiger partial charge in [-0.3, -0.25) is 9.69 Å². The minimum Gasteiger partial charge on any atom is -0.481 e. The van der Waals surface area contributed by atoms with Crippen LogP contribution in [0.15, 0.2) is 22.7 Å². The normalized spacial score (nSPS) is 18.9. The number of hydrogen-bond donors (Lipinski definition) is 2. The van der Waals surface area contributed by atoms with Crippen molar-refractivity contribution < 1.29 is 14.7 Å². The SMILES string of the molecule is Cc1cc(Br)ccc1N1C(=O)NCC1CC(=O)O.